The number of benzene rings is 1. The fraction of sp³-hybridized carbons (Fsp3) is 0.214. The van der Waals surface area contributed by atoms with Crippen LogP contribution in [0, 0.1) is 0 Å². The summed E-state index contributed by atoms with van der Waals surface area (Å²) in [6, 6.07) is 6.99. The maximum absolute atomic E-state index is 11.8. The Labute approximate surface area is 130 Å². The van der Waals surface area contributed by atoms with Crippen LogP contribution >= 0.6 is 22.9 Å². The monoisotopic (exact) mass is 324 g/mol. The van der Waals surface area contributed by atoms with Crippen LogP contribution in [0.25, 0.3) is 10.6 Å². The van der Waals surface area contributed by atoms with E-state index < -0.39 is 5.97 Å². The van der Waals surface area contributed by atoms with Gasteiger partial charge in [0.2, 0.25) is 0 Å². The third-order valence-corrected chi connectivity index (χ3v) is 3.92. The average molecular weight is 325 g/mol. The molecule has 1 aromatic carbocycles. The van der Waals surface area contributed by atoms with Gasteiger partial charge in [0.25, 0.3) is 5.91 Å². The molecule has 0 saturated carbocycles. The first-order valence-electron chi connectivity index (χ1n) is 6.10. The highest BCUT2D eigenvalue weighted by Gasteiger charge is 2.09. The molecule has 1 aromatic heterocycles. The smallest absolute Gasteiger partial charge is 0.325 e. The fourth-order valence-electron chi connectivity index (χ4n) is 1.59. The Hall–Kier alpha value is -1.92. The number of halogens is 1. The van der Waals surface area contributed by atoms with E-state index in [1.165, 1.54) is 18.4 Å². The second-order valence-corrected chi connectivity index (χ2v) is 5.24. The normalized spacial score (nSPS) is 10.2. The van der Waals surface area contributed by atoms with E-state index in [1.807, 2.05) is 17.5 Å². The Bertz CT molecular complexity index is 640. The molecule has 1 N–H and O–H groups in total. The highest BCUT2D eigenvalue weighted by Crippen LogP contribution is 2.24. The number of thiazole rings is 1. The van der Waals surface area contributed by atoms with Crippen LogP contribution in [0.15, 0.2) is 29.6 Å². The van der Waals surface area contributed by atoms with Crippen molar-refractivity contribution >= 4 is 34.8 Å². The van der Waals surface area contributed by atoms with Crippen molar-refractivity contribution < 1.29 is 14.3 Å². The molecule has 0 radical (unpaired) electrons. The zero-order valence-corrected chi connectivity index (χ0v) is 12.8. The number of alkyl halides is 1. The number of hydrogen-bond acceptors (Lipinski definition) is 5. The number of methoxy groups -OCH3 is 1. The summed E-state index contributed by atoms with van der Waals surface area (Å²) >= 11 is 7.22. The minimum absolute atomic E-state index is 0.150. The van der Waals surface area contributed by atoms with E-state index in [9.17, 15) is 9.59 Å². The SMILES string of the molecule is COC(=O)CNC(=O)c1ccc(-c2nc(CCl)cs2)cc1. The van der Waals surface area contributed by atoms with Crippen molar-refractivity contribution in [2.45, 2.75) is 5.88 Å². The second kappa shape index (κ2) is 7.19. The summed E-state index contributed by atoms with van der Waals surface area (Å²) in [5.41, 5.74) is 2.22. The molecule has 0 aliphatic rings. The minimum atomic E-state index is -0.489. The van der Waals surface area contributed by atoms with Gasteiger partial charge in [-0.05, 0) is 12.1 Å². The summed E-state index contributed by atoms with van der Waals surface area (Å²) in [5, 5.41) is 5.23. The van der Waals surface area contributed by atoms with Crippen LogP contribution in [0.4, 0.5) is 0 Å². The topological polar surface area (TPSA) is 68.3 Å². The molecule has 21 heavy (non-hydrogen) atoms. The highest BCUT2D eigenvalue weighted by molar-refractivity contribution is 7.13. The molecule has 0 unspecified atom stereocenters. The Morgan fingerprint density at radius 3 is 2.62 bits per heavy atom. The lowest BCUT2D eigenvalue weighted by Gasteiger charge is -2.04. The van der Waals surface area contributed by atoms with E-state index in [0.29, 0.717) is 11.4 Å². The van der Waals surface area contributed by atoms with Gasteiger partial charge in [-0.15, -0.1) is 22.9 Å². The van der Waals surface area contributed by atoms with Crippen molar-refractivity contribution in [3.8, 4) is 10.6 Å². The van der Waals surface area contributed by atoms with Crippen LogP contribution in [-0.2, 0) is 15.4 Å². The molecule has 5 nitrogen and oxygen atoms in total. The second-order valence-electron chi connectivity index (χ2n) is 4.11. The van der Waals surface area contributed by atoms with Crippen LogP contribution in [0.2, 0.25) is 0 Å². The lowest BCUT2D eigenvalue weighted by molar-refractivity contribution is -0.139. The summed E-state index contributed by atoms with van der Waals surface area (Å²) in [4.78, 5) is 27.1. The summed E-state index contributed by atoms with van der Waals surface area (Å²) in [6.07, 6.45) is 0. The largest absolute Gasteiger partial charge is 0.468 e. The number of carbonyl (C=O) groups excluding carboxylic acids is 2. The van der Waals surface area contributed by atoms with Gasteiger partial charge in [-0.25, -0.2) is 4.98 Å². The van der Waals surface area contributed by atoms with Crippen LogP contribution in [0.1, 0.15) is 16.1 Å². The first-order chi connectivity index (χ1) is 10.1. The molecule has 0 bridgehead atoms. The van der Waals surface area contributed by atoms with Crippen molar-refractivity contribution in [2.24, 2.45) is 0 Å². The zero-order valence-electron chi connectivity index (χ0n) is 11.3. The number of ether oxygens (including phenoxy) is 1. The molecular weight excluding hydrogens is 312 g/mol. The van der Waals surface area contributed by atoms with E-state index in [1.54, 1.807) is 12.1 Å². The molecule has 0 spiro atoms. The molecule has 0 aliphatic carbocycles. The third kappa shape index (κ3) is 4.03. The van der Waals surface area contributed by atoms with Gasteiger partial charge in [-0.1, -0.05) is 12.1 Å². The van der Waals surface area contributed by atoms with Gasteiger partial charge in [0.05, 0.1) is 18.7 Å². The quantitative estimate of drug-likeness (QED) is 0.677. The lowest BCUT2D eigenvalue weighted by Crippen LogP contribution is -2.30. The molecule has 1 heterocycles. The molecule has 7 heteroatoms. The van der Waals surface area contributed by atoms with E-state index in [4.69, 9.17) is 11.6 Å². The van der Waals surface area contributed by atoms with Crippen molar-refractivity contribution in [1.29, 1.82) is 0 Å². The summed E-state index contributed by atoms with van der Waals surface area (Å²) in [6.45, 7) is -0.150. The first-order valence-corrected chi connectivity index (χ1v) is 7.51. The number of hydrogen-bond donors (Lipinski definition) is 1. The van der Waals surface area contributed by atoms with Crippen LogP contribution in [-0.4, -0.2) is 30.5 Å². The number of nitrogens with zero attached hydrogens (tertiary/aromatic N) is 1. The van der Waals surface area contributed by atoms with Crippen molar-refractivity contribution in [3.63, 3.8) is 0 Å². The van der Waals surface area contributed by atoms with Gasteiger partial charge in [-0.3, -0.25) is 9.59 Å². The van der Waals surface area contributed by atoms with Crippen LogP contribution in [0.3, 0.4) is 0 Å². The van der Waals surface area contributed by atoms with Crippen molar-refractivity contribution in [1.82, 2.24) is 10.3 Å². The number of rotatable bonds is 5. The maximum Gasteiger partial charge on any atom is 0.325 e. The highest BCUT2D eigenvalue weighted by atomic mass is 35.5. The van der Waals surface area contributed by atoms with Crippen molar-refractivity contribution in [3.05, 3.63) is 40.9 Å². The Morgan fingerprint density at radius 2 is 2.05 bits per heavy atom. The fourth-order valence-corrected chi connectivity index (χ4v) is 2.65. The Balaban J connectivity index is 2.04. The molecular formula is C14H13ClN2O3S. The van der Waals surface area contributed by atoms with Gasteiger partial charge in [-0.2, -0.15) is 0 Å². The van der Waals surface area contributed by atoms with Crippen LogP contribution < -0.4 is 5.32 Å². The van der Waals surface area contributed by atoms with E-state index in [2.05, 4.69) is 15.0 Å². The molecule has 0 saturated heterocycles. The number of aromatic nitrogens is 1. The van der Waals surface area contributed by atoms with Gasteiger partial charge in [0.1, 0.15) is 11.6 Å². The van der Waals surface area contributed by atoms with E-state index >= 15 is 0 Å². The number of amides is 1. The Kier molecular flexibility index (Phi) is 5.30. The Morgan fingerprint density at radius 1 is 1.33 bits per heavy atom. The summed E-state index contributed by atoms with van der Waals surface area (Å²) in [5.74, 6) is -0.436. The molecule has 0 aliphatic heterocycles. The van der Waals surface area contributed by atoms with Gasteiger partial charge >= 0.3 is 5.97 Å². The van der Waals surface area contributed by atoms with Gasteiger partial charge in [0, 0.05) is 16.5 Å². The predicted molar refractivity (Wildman–Crippen MR) is 81.5 cm³/mol. The lowest BCUT2D eigenvalue weighted by atomic mass is 10.1. The molecule has 2 aromatic rings. The van der Waals surface area contributed by atoms with Gasteiger partial charge < -0.3 is 10.1 Å². The third-order valence-electron chi connectivity index (χ3n) is 2.70. The summed E-state index contributed by atoms with van der Waals surface area (Å²) < 4.78 is 4.46. The molecule has 110 valence electrons. The maximum atomic E-state index is 11.8. The number of esters is 1. The molecule has 0 fully saturated rings. The van der Waals surface area contributed by atoms with Crippen molar-refractivity contribution in [2.75, 3.05) is 13.7 Å². The predicted octanol–water partition coefficient (Wildman–Crippen LogP) is 2.45. The molecule has 1 amide bonds. The van der Waals surface area contributed by atoms with Crippen LogP contribution in [0.5, 0.6) is 0 Å². The first kappa shape index (κ1) is 15.5. The molecule has 2 rings (SSSR count). The minimum Gasteiger partial charge on any atom is -0.468 e. The molecule has 0 atom stereocenters. The number of nitrogens with one attached hydrogen (secondary N) is 1. The average Bonchev–Trinajstić information content (AvgIpc) is 3.01. The van der Waals surface area contributed by atoms with Gasteiger partial charge in [0.15, 0.2) is 0 Å². The zero-order chi connectivity index (χ0) is 15.2. The summed E-state index contributed by atoms with van der Waals surface area (Å²) in [7, 11) is 1.27. The number of carbonyl (C=O) groups is 2. The van der Waals surface area contributed by atoms with E-state index in [-0.39, 0.29) is 12.5 Å². The van der Waals surface area contributed by atoms with E-state index in [0.717, 1.165) is 16.3 Å². The standard InChI is InChI=1S/C14H13ClN2O3S/c1-20-12(18)7-16-13(19)9-2-4-10(5-3-9)14-17-11(6-15)8-21-14/h2-5,8H,6-7H2,1H3,(H,16,19).